The summed E-state index contributed by atoms with van der Waals surface area (Å²) in [6.45, 7) is 1.32. The fourth-order valence-corrected chi connectivity index (χ4v) is 2.98. The summed E-state index contributed by atoms with van der Waals surface area (Å²) in [6.07, 6.45) is 6.18. The molecule has 11 heteroatoms. The monoisotopic (exact) mass is 370 g/mol. The third-order valence-corrected chi connectivity index (χ3v) is 4.52. The van der Waals surface area contributed by atoms with Crippen LogP contribution >= 0.6 is 0 Å². The van der Waals surface area contributed by atoms with Gasteiger partial charge >= 0.3 is 5.69 Å². The average Bonchev–Trinajstić information content (AvgIpc) is 3.01. The van der Waals surface area contributed by atoms with Crippen LogP contribution in [-0.2, 0) is 4.74 Å². The van der Waals surface area contributed by atoms with Crippen molar-refractivity contribution < 1.29 is 9.84 Å². The van der Waals surface area contributed by atoms with Crippen molar-refractivity contribution in [2.24, 2.45) is 4.99 Å². The number of aromatic nitrogens is 6. The highest BCUT2D eigenvalue weighted by Crippen LogP contribution is 2.22. The summed E-state index contributed by atoms with van der Waals surface area (Å²) in [4.78, 5) is 29.9. The number of aromatic amines is 2. The van der Waals surface area contributed by atoms with Crippen molar-refractivity contribution in [1.82, 2.24) is 29.5 Å². The highest BCUT2D eigenvalue weighted by molar-refractivity contribution is 5.57. The Morgan fingerprint density at radius 2 is 2.22 bits per heavy atom. The number of H-pyrrole nitrogens is 2. The Morgan fingerprint density at radius 3 is 2.93 bits per heavy atom. The number of hydrogen-bond donors (Lipinski definition) is 4. The van der Waals surface area contributed by atoms with Gasteiger partial charge in [-0.3, -0.25) is 4.98 Å². The summed E-state index contributed by atoms with van der Waals surface area (Å²) in [5, 5.41) is 18.1. The number of nitrogens with zero attached hydrogens (tertiary/aromatic N) is 5. The van der Waals surface area contributed by atoms with Gasteiger partial charge in [-0.1, -0.05) is 0 Å². The molecule has 1 aliphatic carbocycles. The molecule has 1 unspecified atom stereocenters. The first-order valence-electron chi connectivity index (χ1n) is 8.82. The first kappa shape index (κ1) is 16.0. The molecule has 3 aromatic heterocycles. The van der Waals surface area contributed by atoms with Crippen LogP contribution in [0.25, 0.3) is 11.7 Å². The maximum atomic E-state index is 11.4. The molecule has 11 nitrogen and oxygen atoms in total. The fraction of sp³-hybridized carbons (Fsp3) is 0.438. The molecule has 140 valence electrons. The number of ether oxygens (including phenoxy) is 1. The molecule has 0 amide bonds. The minimum atomic E-state index is -0.488. The molecule has 0 spiro atoms. The number of nitrogens with one attached hydrogen (secondary N) is 3. The highest BCUT2D eigenvalue weighted by atomic mass is 16.5. The van der Waals surface area contributed by atoms with E-state index >= 15 is 0 Å². The number of rotatable bonds is 4. The van der Waals surface area contributed by atoms with E-state index in [0.717, 1.165) is 19.3 Å². The SMILES string of the molecule is O=c1[nH]c(O)c(C=c2cnn3c(=NC4CC4)nc(NC4CCOC4)nc23)[nH]1. The zero-order chi connectivity index (χ0) is 18.4. The van der Waals surface area contributed by atoms with Gasteiger partial charge in [-0.25, -0.2) is 9.79 Å². The van der Waals surface area contributed by atoms with Gasteiger partial charge in [0.1, 0.15) is 5.69 Å². The zero-order valence-corrected chi connectivity index (χ0v) is 14.3. The molecule has 0 radical (unpaired) electrons. The van der Waals surface area contributed by atoms with Gasteiger partial charge < -0.3 is 20.1 Å². The number of fused-ring (bicyclic) bond motifs is 1. The zero-order valence-electron chi connectivity index (χ0n) is 14.3. The largest absolute Gasteiger partial charge is 0.493 e. The molecule has 5 rings (SSSR count). The molecule has 2 aliphatic rings. The quantitative estimate of drug-likeness (QED) is 0.444. The maximum Gasteiger partial charge on any atom is 0.326 e. The van der Waals surface area contributed by atoms with E-state index in [9.17, 15) is 9.90 Å². The van der Waals surface area contributed by atoms with Gasteiger partial charge in [0.05, 0.1) is 24.9 Å². The Kier molecular flexibility index (Phi) is 3.67. The Bertz CT molecular complexity index is 1170. The summed E-state index contributed by atoms with van der Waals surface area (Å²) in [7, 11) is 0. The molecule has 4 N–H and O–H groups in total. The third-order valence-electron chi connectivity index (χ3n) is 4.52. The minimum Gasteiger partial charge on any atom is -0.493 e. The van der Waals surface area contributed by atoms with Crippen LogP contribution in [0.2, 0.25) is 0 Å². The van der Waals surface area contributed by atoms with E-state index in [1.807, 2.05) is 0 Å². The predicted molar refractivity (Wildman–Crippen MR) is 94.1 cm³/mol. The van der Waals surface area contributed by atoms with Crippen LogP contribution in [0.3, 0.4) is 0 Å². The van der Waals surface area contributed by atoms with Gasteiger partial charge in [-0.05, 0) is 25.3 Å². The summed E-state index contributed by atoms with van der Waals surface area (Å²) in [5.74, 6) is 0.220. The van der Waals surface area contributed by atoms with Crippen molar-refractivity contribution in [1.29, 1.82) is 0 Å². The molecule has 1 saturated carbocycles. The predicted octanol–water partition coefficient (Wildman–Crippen LogP) is -1.34. The van der Waals surface area contributed by atoms with Gasteiger partial charge in [-0.15, -0.1) is 0 Å². The van der Waals surface area contributed by atoms with Gasteiger partial charge in [0.15, 0.2) is 5.65 Å². The third kappa shape index (κ3) is 3.16. The molecule has 27 heavy (non-hydrogen) atoms. The van der Waals surface area contributed by atoms with E-state index in [0.29, 0.717) is 35.6 Å². The number of anilines is 1. The molecule has 1 atom stereocenters. The highest BCUT2D eigenvalue weighted by Gasteiger charge is 2.22. The maximum absolute atomic E-state index is 11.4. The Labute approximate surface area is 151 Å². The lowest BCUT2D eigenvalue weighted by molar-refractivity contribution is 0.195. The van der Waals surface area contributed by atoms with E-state index in [-0.39, 0.29) is 23.7 Å². The second-order valence-corrected chi connectivity index (χ2v) is 6.73. The standard InChI is InChI=1S/C16H18N8O3/c25-13-11(20-16(26)22-13)5-8-6-17-24-12(8)21-14(18-10-3-4-27-7-10)23-15(24)19-9-1-2-9/h5-6,9-10,25H,1-4,7H2,(H,18,19,23)(H2,20,22,26). The van der Waals surface area contributed by atoms with Crippen LogP contribution in [0.5, 0.6) is 5.88 Å². The van der Waals surface area contributed by atoms with E-state index < -0.39 is 5.69 Å². The van der Waals surface area contributed by atoms with Crippen molar-refractivity contribution in [2.75, 3.05) is 18.5 Å². The van der Waals surface area contributed by atoms with Crippen molar-refractivity contribution in [3.63, 3.8) is 0 Å². The lowest BCUT2D eigenvalue weighted by Gasteiger charge is -2.10. The molecule has 1 aliphatic heterocycles. The van der Waals surface area contributed by atoms with Crippen molar-refractivity contribution in [3.05, 3.63) is 33.2 Å². The van der Waals surface area contributed by atoms with E-state index in [2.05, 4.69) is 35.3 Å². The molecular weight excluding hydrogens is 352 g/mol. The van der Waals surface area contributed by atoms with Crippen LogP contribution in [0.15, 0.2) is 16.0 Å². The Hall–Kier alpha value is -3.21. The van der Waals surface area contributed by atoms with Crippen LogP contribution in [0, 0.1) is 0 Å². The van der Waals surface area contributed by atoms with Gasteiger partial charge in [0, 0.05) is 11.8 Å². The van der Waals surface area contributed by atoms with Gasteiger partial charge in [0.2, 0.25) is 11.8 Å². The summed E-state index contributed by atoms with van der Waals surface area (Å²) >= 11 is 0. The van der Waals surface area contributed by atoms with Crippen LogP contribution < -0.4 is 21.8 Å². The molecule has 1 saturated heterocycles. The van der Waals surface area contributed by atoms with E-state index in [1.165, 1.54) is 0 Å². The fourth-order valence-electron chi connectivity index (χ4n) is 2.98. The van der Waals surface area contributed by atoms with E-state index in [1.54, 1.807) is 16.8 Å². The molecule has 0 aromatic carbocycles. The van der Waals surface area contributed by atoms with Gasteiger partial charge in [-0.2, -0.15) is 19.6 Å². The van der Waals surface area contributed by atoms with Crippen molar-refractivity contribution in [2.45, 2.75) is 31.3 Å². The second kappa shape index (κ2) is 6.20. The molecule has 4 heterocycles. The first-order chi connectivity index (χ1) is 13.2. The number of hydrogen-bond acceptors (Lipinski definition) is 8. The molecule has 0 bridgehead atoms. The molecular formula is C16H18N8O3. The van der Waals surface area contributed by atoms with Crippen molar-refractivity contribution >= 4 is 17.7 Å². The smallest absolute Gasteiger partial charge is 0.326 e. The normalized spacial score (nSPS) is 21.4. The summed E-state index contributed by atoms with van der Waals surface area (Å²) in [6, 6.07) is 0.425. The topological polar surface area (TPSA) is 146 Å². The summed E-state index contributed by atoms with van der Waals surface area (Å²) < 4.78 is 6.97. The van der Waals surface area contributed by atoms with Crippen LogP contribution in [0.1, 0.15) is 25.0 Å². The number of imidazole rings is 1. The molecule has 3 aromatic rings. The average molecular weight is 370 g/mol. The lowest BCUT2D eigenvalue weighted by atomic mass is 10.3. The first-order valence-corrected chi connectivity index (χ1v) is 8.82. The van der Waals surface area contributed by atoms with E-state index in [4.69, 9.17) is 4.74 Å². The molecule has 2 fully saturated rings. The lowest BCUT2D eigenvalue weighted by Crippen LogP contribution is -2.28. The van der Waals surface area contributed by atoms with Crippen LogP contribution in [-0.4, -0.2) is 60.0 Å². The van der Waals surface area contributed by atoms with Gasteiger partial charge in [0.25, 0.3) is 5.62 Å². The Morgan fingerprint density at radius 1 is 1.33 bits per heavy atom. The summed E-state index contributed by atoms with van der Waals surface area (Å²) in [5.41, 5.74) is 0.786. The minimum absolute atomic E-state index is 0.154. The van der Waals surface area contributed by atoms with Crippen molar-refractivity contribution in [3.8, 4) is 5.88 Å². The van der Waals surface area contributed by atoms with Crippen LogP contribution in [0.4, 0.5) is 5.95 Å². The number of aromatic hydroxyl groups is 1. The second-order valence-electron chi connectivity index (χ2n) is 6.73. The Balaban J connectivity index is 1.66.